The molecule has 0 aliphatic rings. The Labute approximate surface area is 319 Å². The molecule has 0 unspecified atom stereocenters. The van der Waals surface area contributed by atoms with Crippen molar-refractivity contribution in [2.24, 2.45) is 0 Å². The fraction of sp³-hybridized carbons (Fsp3) is 0. The van der Waals surface area contributed by atoms with E-state index in [0.717, 1.165) is 82.7 Å². The summed E-state index contributed by atoms with van der Waals surface area (Å²) in [5.74, 6) is 2.31. The largest absolute Gasteiger partial charge is 0.455 e. The van der Waals surface area contributed by atoms with Crippen LogP contribution in [-0.4, -0.2) is 29.9 Å². The normalized spacial score (nSPS) is 11.6. The number of hydrogen-bond acceptors (Lipinski definition) is 8. The Hall–Kier alpha value is -7.84. The third-order valence-corrected chi connectivity index (χ3v) is 10.2. The molecule has 8 nitrogen and oxygen atoms in total. The van der Waals surface area contributed by atoms with Crippen molar-refractivity contribution in [3.63, 3.8) is 0 Å². The van der Waals surface area contributed by atoms with Gasteiger partial charge in [-0.25, -0.2) is 19.9 Å². The van der Waals surface area contributed by atoms with Crippen LogP contribution in [0.15, 0.2) is 179 Å². The first-order chi connectivity index (χ1) is 27.7. The highest BCUT2D eigenvalue weighted by Crippen LogP contribution is 2.45. The van der Waals surface area contributed by atoms with Crippen molar-refractivity contribution in [1.29, 1.82) is 0 Å². The van der Waals surface area contributed by atoms with Crippen LogP contribution in [0.5, 0.6) is 0 Å². The number of furan rings is 1. The second-order valence-corrected chi connectivity index (χ2v) is 13.5. The predicted octanol–water partition coefficient (Wildman–Crippen LogP) is 11.9. The fourth-order valence-corrected chi connectivity index (χ4v) is 7.53. The first-order valence-corrected chi connectivity index (χ1v) is 18.3. The van der Waals surface area contributed by atoms with Crippen LogP contribution in [0.4, 0.5) is 0 Å². The Bertz CT molecular complexity index is 3180. The molecule has 11 aromatic rings. The summed E-state index contributed by atoms with van der Waals surface area (Å²) in [5, 5.41) is 4.16. The topological polar surface area (TPSA) is 104 Å². The van der Waals surface area contributed by atoms with E-state index in [9.17, 15) is 0 Å². The Kier molecular flexibility index (Phi) is 7.31. The van der Waals surface area contributed by atoms with E-state index < -0.39 is 0 Å². The van der Waals surface area contributed by atoms with E-state index in [1.54, 1.807) is 24.8 Å². The number of aromatic nitrogens is 6. The summed E-state index contributed by atoms with van der Waals surface area (Å²) in [6.45, 7) is 0. The zero-order valence-corrected chi connectivity index (χ0v) is 29.7. The number of para-hydroxylation sites is 1. The number of hydrogen-bond donors (Lipinski definition) is 0. The molecule has 5 heterocycles. The molecule has 5 aromatic heterocycles. The number of oxazole rings is 1. The second kappa shape index (κ2) is 12.9. The van der Waals surface area contributed by atoms with Crippen molar-refractivity contribution in [2.75, 3.05) is 0 Å². The second-order valence-electron chi connectivity index (χ2n) is 13.5. The first-order valence-electron chi connectivity index (χ1n) is 18.3. The lowest BCUT2D eigenvalue weighted by atomic mass is 9.91. The van der Waals surface area contributed by atoms with Gasteiger partial charge in [0, 0.05) is 58.0 Å². The molecule has 0 amide bonds. The molecule has 0 spiro atoms. The van der Waals surface area contributed by atoms with Crippen molar-refractivity contribution in [1.82, 2.24) is 29.9 Å². The molecule has 0 saturated carbocycles. The minimum atomic E-state index is 0.576. The van der Waals surface area contributed by atoms with Crippen LogP contribution in [0.25, 0.3) is 112 Å². The zero-order valence-electron chi connectivity index (χ0n) is 29.7. The maximum atomic E-state index is 6.65. The third-order valence-electron chi connectivity index (χ3n) is 10.2. The highest BCUT2D eigenvalue weighted by atomic mass is 16.4. The lowest BCUT2D eigenvalue weighted by Gasteiger charge is -2.13. The molecule has 0 saturated heterocycles. The van der Waals surface area contributed by atoms with Crippen molar-refractivity contribution in [2.45, 2.75) is 0 Å². The van der Waals surface area contributed by atoms with Crippen LogP contribution in [0.1, 0.15) is 0 Å². The molecule has 0 N–H and O–H groups in total. The molecule has 0 bridgehead atoms. The van der Waals surface area contributed by atoms with Gasteiger partial charge in [0.2, 0.25) is 5.89 Å². The van der Waals surface area contributed by atoms with Crippen molar-refractivity contribution in [3.05, 3.63) is 170 Å². The van der Waals surface area contributed by atoms with Gasteiger partial charge in [0.25, 0.3) is 0 Å². The zero-order chi connectivity index (χ0) is 37.0. The van der Waals surface area contributed by atoms with Gasteiger partial charge in [0.1, 0.15) is 16.7 Å². The lowest BCUT2D eigenvalue weighted by molar-refractivity contribution is 0.619. The Morgan fingerprint density at radius 1 is 0.357 bits per heavy atom. The average Bonchev–Trinajstić information content (AvgIpc) is 3.89. The van der Waals surface area contributed by atoms with Crippen LogP contribution >= 0.6 is 0 Å². The number of nitrogens with zero attached hydrogens (tertiary/aromatic N) is 6. The lowest BCUT2D eigenvalue weighted by Crippen LogP contribution is -2.00. The van der Waals surface area contributed by atoms with E-state index in [2.05, 4.69) is 82.8 Å². The quantitative estimate of drug-likeness (QED) is 0.167. The number of fused-ring (bicyclic) bond motifs is 6. The molecule has 8 heteroatoms. The van der Waals surface area contributed by atoms with Gasteiger partial charge < -0.3 is 8.83 Å². The van der Waals surface area contributed by atoms with Gasteiger partial charge in [-0.2, -0.15) is 0 Å². The monoisotopic (exact) mass is 720 g/mol. The predicted molar refractivity (Wildman–Crippen MR) is 220 cm³/mol. The summed E-state index contributed by atoms with van der Waals surface area (Å²) >= 11 is 0. The standard InChI is InChI=1S/C48H28N6O2/c1-2-8-33(9-3-1)48-51-43-41(56-48)28-39(44-42(43)38-12-6-7-13-40(38)55-44)37-19-18-34(35-10-4-5-11-36(35)37)29-14-16-30(17-15-29)45-52-46(31-20-24-49-25-21-31)54-47(53-45)32-22-26-50-27-23-32/h1-28H. The Morgan fingerprint density at radius 2 is 0.893 bits per heavy atom. The van der Waals surface area contributed by atoms with Crippen LogP contribution in [0.3, 0.4) is 0 Å². The van der Waals surface area contributed by atoms with Gasteiger partial charge in [0.15, 0.2) is 23.1 Å². The van der Waals surface area contributed by atoms with Gasteiger partial charge in [0.05, 0.1) is 5.39 Å². The molecular formula is C48H28N6O2. The number of benzene rings is 6. The van der Waals surface area contributed by atoms with Crippen LogP contribution in [-0.2, 0) is 0 Å². The average molecular weight is 721 g/mol. The molecule has 56 heavy (non-hydrogen) atoms. The van der Waals surface area contributed by atoms with Gasteiger partial charge in [-0.05, 0) is 76.0 Å². The third kappa shape index (κ3) is 5.31. The minimum Gasteiger partial charge on any atom is -0.455 e. The molecule has 0 aliphatic heterocycles. The van der Waals surface area contributed by atoms with E-state index in [1.807, 2.05) is 72.8 Å². The van der Waals surface area contributed by atoms with E-state index >= 15 is 0 Å². The molecule has 6 aromatic carbocycles. The fourth-order valence-electron chi connectivity index (χ4n) is 7.53. The number of pyridine rings is 2. The van der Waals surface area contributed by atoms with Crippen molar-refractivity contribution < 1.29 is 8.83 Å². The summed E-state index contributed by atoms with van der Waals surface area (Å²) in [7, 11) is 0. The van der Waals surface area contributed by atoms with Crippen molar-refractivity contribution >= 4 is 43.8 Å². The smallest absolute Gasteiger partial charge is 0.227 e. The number of rotatable bonds is 6. The van der Waals surface area contributed by atoms with E-state index in [-0.39, 0.29) is 0 Å². The maximum Gasteiger partial charge on any atom is 0.227 e. The van der Waals surface area contributed by atoms with Crippen molar-refractivity contribution in [3.8, 4) is 67.9 Å². The molecule has 0 radical (unpaired) electrons. The SMILES string of the molecule is c1ccc(-c2nc3c(cc(-c4ccc(-c5ccc(-c6nc(-c7ccncc7)nc(-c7ccncc7)n6)cc5)c5ccccc45)c4oc5ccccc5c43)o2)cc1. The summed E-state index contributed by atoms with van der Waals surface area (Å²) in [6.07, 6.45) is 6.96. The van der Waals surface area contributed by atoms with Crippen LogP contribution in [0, 0.1) is 0 Å². The van der Waals surface area contributed by atoms with Gasteiger partial charge in [-0.15, -0.1) is 0 Å². The maximum absolute atomic E-state index is 6.65. The highest BCUT2D eigenvalue weighted by Gasteiger charge is 2.22. The Balaban J connectivity index is 1.04. The van der Waals surface area contributed by atoms with E-state index in [4.69, 9.17) is 28.8 Å². The molecule has 262 valence electrons. The Morgan fingerprint density at radius 3 is 1.55 bits per heavy atom. The summed E-state index contributed by atoms with van der Waals surface area (Å²) < 4.78 is 13.1. The van der Waals surface area contributed by atoms with Gasteiger partial charge >= 0.3 is 0 Å². The van der Waals surface area contributed by atoms with E-state index in [0.29, 0.717) is 28.9 Å². The first kappa shape index (κ1) is 31.7. The van der Waals surface area contributed by atoms with Gasteiger partial charge in [-0.1, -0.05) is 97.1 Å². The van der Waals surface area contributed by atoms with E-state index in [1.165, 1.54) is 0 Å². The van der Waals surface area contributed by atoms with Crippen LogP contribution in [0.2, 0.25) is 0 Å². The minimum absolute atomic E-state index is 0.576. The summed E-state index contributed by atoms with van der Waals surface area (Å²) in [6, 6.07) is 49.1. The highest BCUT2D eigenvalue weighted by molar-refractivity contribution is 6.22. The molecule has 0 atom stereocenters. The molecule has 11 rings (SSSR count). The molecule has 0 fully saturated rings. The van der Waals surface area contributed by atoms with Gasteiger partial charge in [-0.3, -0.25) is 9.97 Å². The molecular weight excluding hydrogens is 693 g/mol. The van der Waals surface area contributed by atoms with Crippen LogP contribution < -0.4 is 0 Å². The summed E-state index contributed by atoms with van der Waals surface area (Å²) in [5.41, 5.74) is 10.8. The molecule has 0 aliphatic carbocycles. The summed E-state index contributed by atoms with van der Waals surface area (Å²) in [4.78, 5) is 27.9.